The molecule has 0 radical (unpaired) electrons. The van der Waals surface area contributed by atoms with E-state index < -0.39 is 0 Å². The Morgan fingerprint density at radius 3 is 2.86 bits per heavy atom. The number of rotatable bonds is 2. The first-order valence-electron chi connectivity index (χ1n) is 8.20. The SMILES string of the molecule is Brc1ccc2c(c1)-n1nncc1CN(CC1CCCCC1)C2. The van der Waals surface area contributed by atoms with Gasteiger partial charge in [-0.05, 0) is 36.5 Å². The summed E-state index contributed by atoms with van der Waals surface area (Å²) in [6.07, 6.45) is 8.92. The molecule has 4 nitrogen and oxygen atoms in total. The van der Waals surface area contributed by atoms with Gasteiger partial charge < -0.3 is 0 Å². The second kappa shape index (κ2) is 6.13. The number of hydrogen-bond donors (Lipinski definition) is 0. The van der Waals surface area contributed by atoms with Crippen molar-refractivity contribution in [1.29, 1.82) is 0 Å². The molecule has 0 atom stereocenters. The van der Waals surface area contributed by atoms with Gasteiger partial charge in [0.05, 0.1) is 17.6 Å². The number of halogens is 1. The van der Waals surface area contributed by atoms with E-state index in [0.717, 1.165) is 29.2 Å². The Kier molecular flexibility index (Phi) is 4.01. The molecule has 0 unspecified atom stereocenters. The largest absolute Gasteiger partial charge is 0.293 e. The summed E-state index contributed by atoms with van der Waals surface area (Å²) in [5.74, 6) is 0.857. The van der Waals surface area contributed by atoms with E-state index in [1.165, 1.54) is 49.9 Å². The highest BCUT2D eigenvalue weighted by molar-refractivity contribution is 9.10. The number of nitrogens with zero attached hydrogens (tertiary/aromatic N) is 4. The minimum atomic E-state index is 0.857. The molecule has 2 aromatic rings. The normalized spacial score (nSPS) is 19.5. The van der Waals surface area contributed by atoms with Crippen LogP contribution in [0.2, 0.25) is 0 Å². The van der Waals surface area contributed by atoms with E-state index in [4.69, 9.17) is 0 Å². The molecule has 22 heavy (non-hydrogen) atoms. The summed E-state index contributed by atoms with van der Waals surface area (Å²) >= 11 is 3.58. The minimum absolute atomic E-state index is 0.857. The Morgan fingerprint density at radius 1 is 1.14 bits per heavy atom. The highest BCUT2D eigenvalue weighted by Crippen LogP contribution is 2.29. The van der Waals surface area contributed by atoms with Crippen LogP contribution in [0.4, 0.5) is 0 Å². The Labute approximate surface area is 139 Å². The lowest BCUT2D eigenvalue weighted by atomic mass is 9.89. The summed E-state index contributed by atoms with van der Waals surface area (Å²) in [6, 6.07) is 6.49. The fraction of sp³-hybridized carbons (Fsp3) is 0.529. The third-order valence-electron chi connectivity index (χ3n) is 4.92. The van der Waals surface area contributed by atoms with Gasteiger partial charge in [0, 0.05) is 24.1 Å². The summed E-state index contributed by atoms with van der Waals surface area (Å²) in [5.41, 5.74) is 3.68. The van der Waals surface area contributed by atoms with E-state index in [9.17, 15) is 0 Å². The third kappa shape index (κ3) is 2.84. The van der Waals surface area contributed by atoms with Gasteiger partial charge in [-0.1, -0.05) is 46.5 Å². The number of hydrogen-bond acceptors (Lipinski definition) is 3. The monoisotopic (exact) mass is 360 g/mol. The Balaban J connectivity index is 1.63. The molecule has 4 rings (SSSR count). The van der Waals surface area contributed by atoms with Crippen LogP contribution in [0.3, 0.4) is 0 Å². The maximum atomic E-state index is 4.30. The standard InChI is InChI=1S/C17H21BrN4/c18-15-7-6-14-11-21(10-13-4-2-1-3-5-13)12-16-9-19-20-22(16)17(14)8-15/h6-9,13H,1-5,10-12H2. The summed E-state index contributed by atoms with van der Waals surface area (Å²) in [6.45, 7) is 3.14. The molecule has 1 aliphatic heterocycles. The topological polar surface area (TPSA) is 34.0 Å². The summed E-state index contributed by atoms with van der Waals surface area (Å²) < 4.78 is 3.09. The number of fused-ring (bicyclic) bond motifs is 3. The zero-order valence-corrected chi connectivity index (χ0v) is 14.3. The second-order valence-corrected chi connectivity index (χ2v) is 7.50. The lowest BCUT2D eigenvalue weighted by molar-refractivity contribution is 0.187. The minimum Gasteiger partial charge on any atom is -0.293 e. The molecule has 0 amide bonds. The van der Waals surface area contributed by atoms with Gasteiger partial charge in [-0.25, -0.2) is 4.68 Å². The molecule has 1 saturated carbocycles. The molecule has 2 aliphatic rings. The predicted molar refractivity (Wildman–Crippen MR) is 89.7 cm³/mol. The average molecular weight is 361 g/mol. The van der Waals surface area contributed by atoms with Crippen molar-refractivity contribution in [2.45, 2.75) is 45.2 Å². The summed E-state index contributed by atoms with van der Waals surface area (Å²) in [5, 5.41) is 8.43. The van der Waals surface area contributed by atoms with Crippen molar-refractivity contribution in [3.05, 3.63) is 40.1 Å². The lowest BCUT2D eigenvalue weighted by Gasteiger charge is -2.28. The van der Waals surface area contributed by atoms with Gasteiger partial charge in [-0.3, -0.25) is 4.90 Å². The van der Waals surface area contributed by atoms with Crippen molar-refractivity contribution in [3.8, 4) is 5.69 Å². The molecule has 0 bridgehead atoms. The number of aromatic nitrogens is 3. The Bertz CT molecular complexity index is 660. The molecular weight excluding hydrogens is 340 g/mol. The van der Waals surface area contributed by atoms with Crippen LogP contribution in [0.25, 0.3) is 5.69 Å². The van der Waals surface area contributed by atoms with Crippen molar-refractivity contribution in [2.75, 3.05) is 6.54 Å². The van der Waals surface area contributed by atoms with Gasteiger partial charge in [0.2, 0.25) is 0 Å². The van der Waals surface area contributed by atoms with Crippen molar-refractivity contribution < 1.29 is 0 Å². The molecule has 1 fully saturated rings. The van der Waals surface area contributed by atoms with Gasteiger partial charge in [-0.15, -0.1) is 5.10 Å². The average Bonchev–Trinajstić information content (AvgIpc) is 2.93. The van der Waals surface area contributed by atoms with Gasteiger partial charge in [0.25, 0.3) is 0 Å². The first-order chi connectivity index (χ1) is 10.8. The highest BCUT2D eigenvalue weighted by atomic mass is 79.9. The second-order valence-electron chi connectivity index (χ2n) is 6.58. The van der Waals surface area contributed by atoms with Crippen LogP contribution in [-0.2, 0) is 13.1 Å². The highest BCUT2D eigenvalue weighted by Gasteiger charge is 2.23. The van der Waals surface area contributed by atoms with Crippen LogP contribution in [-0.4, -0.2) is 26.4 Å². The van der Waals surface area contributed by atoms with E-state index in [1.54, 1.807) is 0 Å². The fourth-order valence-electron chi connectivity index (χ4n) is 3.82. The van der Waals surface area contributed by atoms with Crippen LogP contribution < -0.4 is 0 Å². The van der Waals surface area contributed by atoms with E-state index in [0.29, 0.717) is 0 Å². The van der Waals surface area contributed by atoms with Crippen molar-refractivity contribution in [3.63, 3.8) is 0 Å². The molecule has 116 valence electrons. The van der Waals surface area contributed by atoms with Gasteiger partial charge in [0.1, 0.15) is 0 Å². The van der Waals surface area contributed by atoms with Crippen molar-refractivity contribution in [1.82, 2.24) is 19.9 Å². The molecule has 1 aliphatic carbocycles. The smallest absolute Gasteiger partial charge is 0.0786 e. The third-order valence-corrected chi connectivity index (χ3v) is 5.41. The van der Waals surface area contributed by atoms with Crippen LogP contribution in [0.15, 0.2) is 28.9 Å². The van der Waals surface area contributed by atoms with Crippen LogP contribution in [0.5, 0.6) is 0 Å². The Hall–Kier alpha value is -1.20. The zero-order chi connectivity index (χ0) is 14.9. The first-order valence-corrected chi connectivity index (χ1v) is 8.99. The van der Waals surface area contributed by atoms with E-state index in [-0.39, 0.29) is 0 Å². The molecule has 0 spiro atoms. The van der Waals surface area contributed by atoms with E-state index in [1.807, 2.05) is 10.9 Å². The van der Waals surface area contributed by atoms with Gasteiger partial charge in [0.15, 0.2) is 0 Å². The molecule has 1 aromatic heterocycles. The molecule has 1 aromatic carbocycles. The lowest BCUT2D eigenvalue weighted by Crippen LogP contribution is -2.29. The molecule has 5 heteroatoms. The van der Waals surface area contributed by atoms with Crippen molar-refractivity contribution >= 4 is 15.9 Å². The van der Waals surface area contributed by atoms with Gasteiger partial charge >= 0.3 is 0 Å². The van der Waals surface area contributed by atoms with Crippen LogP contribution in [0, 0.1) is 5.92 Å². The summed E-state index contributed by atoms with van der Waals surface area (Å²) in [7, 11) is 0. The maximum Gasteiger partial charge on any atom is 0.0786 e. The molecule has 2 heterocycles. The molecule has 0 N–H and O–H groups in total. The molecular formula is C17H21BrN4. The van der Waals surface area contributed by atoms with Crippen LogP contribution in [0.1, 0.15) is 43.4 Å². The quantitative estimate of drug-likeness (QED) is 0.813. The fourth-order valence-corrected chi connectivity index (χ4v) is 4.17. The van der Waals surface area contributed by atoms with E-state index >= 15 is 0 Å². The number of benzene rings is 1. The Morgan fingerprint density at radius 2 is 2.00 bits per heavy atom. The first kappa shape index (κ1) is 14.4. The van der Waals surface area contributed by atoms with Crippen molar-refractivity contribution in [2.24, 2.45) is 5.92 Å². The van der Waals surface area contributed by atoms with Crippen LogP contribution >= 0.6 is 15.9 Å². The summed E-state index contributed by atoms with van der Waals surface area (Å²) in [4.78, 5) is 2.57. The predicted octanol–water partition coefficient (Wildman–Crippen LogP) is 3.93. The van der Waals surface area contributed by atoms with E-state index in [2.05, 4.69) is 49.3 Å². The maximum absolute atomic E-state index is 4.30. The zero-order valence-electron chi connectivity index (χ0n) is 12.7. The van der Waals surface area contributed by atoms with Gasteiger partial charge in [-0.2, -0.15) is 0 Å². The molecule has 0 saturated heterocycles.